The number of ether oxygens (including phenoxy) is 2. The van der Waals surface area contributed by atoms with Crippen LogP contribution in [0.2, 0.25) is 5.15 Å². The summed E-state index contributed by atoms with van der Waals surface area (Å²) < 4.78 is 11.3. The van der Waals surface area contributed by atoms with E-state index in [1.165, 1.54) is 19.3 Å². The third kappa shape index (κ3) is 4.37. The maximum Gasteiger partial charge on any atom is 0.230 e. The Hall–Kier alpha value is -1.60. The van der Waals surface area contributed by atoms with Crippen molar-refractivity contribution in [3.8, 4) is 5.88 Å². The first-order valence-corrected chi connectivity index (χ1v) is 11.8. The fourth-order valence-corrected chi connectivity index (χ4v) is 5.46. The highest BCUT2D eigenvalue weighted by Gasteiger charge is 2.43. The molecule has 1 aromatic heterocycles. The first-order valence-electron chi connectivity index (χ1n) is 11.4. The molecule has 0 radical (unpaired) electrons. The van der Waals surface area contributed by atoms with Crippen LogP contribution in [0.25, 0.3) is 0 Å². The molecule has 0 spiro atoms. The van der Waals surface area contributed by atoms with Gasteiger partial charge in [-0.3, -0.25) is 4.79 Å². The summed E-state index contributed by atoms with van der Waals surface area (Å²) in [6, 6.07) is 2.64. The maximum atomic E-state index is 12.9. The second-order valence-electron chi connectivity index (χ2n) is 9.36. The van der Waals surface area contributed by atoms with Crippen LogP contribution in [0.5, 0.6) is 5.88 Å². The maximum absolute atomic E-state index is 12.9. The molecule has 1 aromatic rings. The van der Waals surface area contributed by atoms with E-state index in [2.05, 4.69) is 19.8 Å². The molecule has 3 aliphatic heterocycles. The fraction of sp³-hybridized carbons (Fsp3) is 0.773. The highest BCUT2D eigenvalue weighted by molar-refractivity contribution is 6.29. The Kier molecular flexibility index (Phi) is 5.75. The predicted molar refractivity (Wildman–Crippen MR) is 114 cm³/mol. The lowest BCUT2D eigenvalue weighted by molar-refractivity contribution is -0.141. The van der Waals surface area contributed by atoms with E-state index >= 15 is 0 Å². The smallest absolute Gasteiger partial charge is 0.230 e. The molecule has 5 rings (SSSR count). The molecular weight excluding hydrogens is 404 g/mol. The lowest BCUT2D eigenvalue weighted by Gasteiger charge is -2.50. The van der Waals surface area contributed by atoms with E-state index in [1.807, 2.05) is 7.05 Å². The zero-order valence-corrected chi connectivity index (χ0v) is 18.4. The van der Waals surface area contributed by atoms with E-state index in [4.69, 9.17) is 21.1 Å². The Labute approximate surface area is 183 Å². The number of amides is 1. The number of carbonyl (C=O) groups excluding carboxylic acids is 1. The Bertz CT molecular complexity index is 770. The van der Waals surface area contributed by atoms with Crippen LogP contribution < -0.4 is 9.64 Å². The van der Waals surface area contributed by atoms with Gasteiger partial charge in [-0.15, -0.1) is 0 Å². The van der Waals surface area contributed by atoms with Gasteiger partial charge >= 0.3 is 0 Å². The van der Waals surface area contributed by atoms with E-state index in [9.17, 15) is 4.79 Å². The number of carbonyl (C=O) groups is 1. The van der Waals surface area contributed by atoms with Gasteiger partial charge in [-0.05, 0) is 50.9 Å². The molecule has 30 heavy (non-hydrogen) atoms. The number of rotatable bonds is 6. The van der Waals surface area contributed by atoms with E-state index in [1.54, 1.807) is 6.07 Å². The van der Waals surface area contributed by atoms with Gasteiger partial charge in [0.1, 0.15) is 11.3 Å². The number of piperidine rings is 2. The second-order valence-corrected chi connectivity index (χ2v) is 9.74. The quantitative estimate of drug-likeness (QED) is 0.639. The fourth-order valence-electron chi connectivity index (χ4n) is 5.29. The average Bonchev–Trinajstić information content (AvgIpc) is 3.38. The molecular formula is C22H31ClN4O3. The average molecular weight is 435 g/mol. The Morgan fingerprint density at radius 1 is 1.23 bits per heavy atom. The van der Waals surface area contributed by atoms with Gasteiger partial charge in [-0.2, -0.15) is 4.98 Å². The van der Waals surface area contributed by atoms with Crippen molar-refractivity contribution < 1.29 is 14.3 Å². The van der Waals surface area contributed by atoms with E-state index < -0.39 is 0 Å². The summed E-state index contributed by atoms with van der Waals surface area (Å²) >= 11 is 6.29. The summed E-state index contributed by atoms with van der Waals surface area (Å²) in [6.45, 7) is 1.31. The first-order chi connectivity index (χ1) is 14.6. The van der Waals surface area contributed by atoms with Crippen molar-refractivity contribution in [1.82, 2.24) is 14.9 Å². The molecule has 4 aliphatic rings. The molecule has 4 fully saturated rings. The Morgan fingerprint density at radius 3 is 2.67 bits per heavy atom. The van der Waals surface area contributed by atoms with Crippen molar-refractivity contribution in [2.75, 3.05) is 25.2 Å². The zero-order valence-electron chi connectivity index (χ0n) is 17.6. The van der Waals surface area contributed by atoms with Crippen LogP contribution in [0.3, 0.4) is 0 Å². The molecule has 7 nitrogen and oxygen atoms in total. The Balaban J connectivity index is 1.29. The van der Waals surface area contributed by atoms with Gasteiger partial charge in [-0.25, -0.2) is 4.98 Å². The van der Waals surface area contributed by atoms with Gasteiger partial charge in [0.25, 0.3) is 0 Å². The van der Waals surface area contributed by atoms with E-state index in [0.29, 0.717) is 53.5 Å². The number of aromatic nitrogens is 2. The van der Waals surface area contributed by atoms with E-state index in [-0.39, 0.29) is 6.10 Å². The Morgan fingerprint density at radius 2 is 2.00 bits per heavy atom. The summed E-state index contributed by atoms with van der Waals surface area (Å²) in [5.41, 5.74) is 0. The molecule has 164 valence electrons. The van der Waals surface area contributed by atoms with Gasteiger partial charge in [0.2, 0.25) is 17.7 Å². The van der Waals surface area contributed by atoms with Crippen LogP contribution in [0.15, 0.2) is 6.07 Å². The van der Waals surface area contributed by atoms with E-state index in [0.717, 1.165) is 45.1 Å². The predicted octanol–water partition coefficient (Wildman–Crippen LogP) is 3.45. The summed E-state index contributed by atoms with van der Waals surface area (Å²) in [4.78, 5) is 26.4. The van der Waals surface area contributed by atoms with Crippen molar-refractivity contribution in [1.29, 1.82) is 0 Å². The van der Waals surface area contributed by atoms with Crippen LogP contribution in [0.4, 0.5) is 5.95 Å². The largest absolute Gasteiger partial charge is 0.472 e. The SMILES string of the molecule is CN(c1nc(Cl)cc(O[C@H]2CCOC2)n1)[C@@H]1C[C@H]2CCC[C@@H](C1)N2C(=O)CC1CC1. The van der Waals surface area contributed by atoms with Crippen molar-refractivity contribution in [3.05, 3.63) is 11.2 Å². The van der Waals surface area contributed by atoms with Crippen LogP contribution in [-0.2, 0) is 9.53 Å². The van der Waals surface area contributed by atoms with Gasteiger partial charge in [0, 0.05) is 44.1 Å². The standard InChI is InChI=1S/C22H31ClN4O3/c1-26(22-24-19(23)12-20(25-22)30-18-7-8-29-13-18)17-10-15-3-2-4-16(11-17)27(15)21(28)9-14-5-6-14/h12,14-18H,2-11,13H2,1H3/t15-,16+,17-,18-/m0/s1. The third-order valence-corrected chi connectivity index (χ3v) is 7.29. The minimum absolute atomic E-state index is 0.0224. The summed E-state index contributed by atoms with van der Waals surface area (Å²) in [5, 5.41) is 0.387. The molecule has 0 unspecified atom stereocenters. The minimum atomic E-state index is 0.0224. The third-order valence-electron chi connectivity index (χ3n) is 7.10. The molecule has 0 N–H and O–H groups in total. The van der Waals surface area contributed by atoms with Crippen molar-refractivity contribution in [2.45, 2.75) is 82.0 Å². The van der Waals surface area contributed by atoms with Crippen molar-refractivity contribution >= 4 is 23.5 Å². The highest BCUT2D eigenvalue weighted by atomic mass is 35.5. The molecule has 4 heterocycles. The lowest BCUT2D eigenvalue weighted by Crippen LogP contribution is -2.58. The van der Waals surface area contributed by atoms with Crippen molar-refractivity contribution in [3.63, 3.8) is 0 Å². The van der Waals surface area contributed by atoms with Crippen molar-refractivity contribution in [2.24, 2.45) is 5.92 Å². The van der Waals surface area contributed by atoms with Crippen LogP contribution in [0, 0.1) is 5.92 Å². The van der Waals surface area contributed by atoms with Crippen LogP contribution in [0.1, 0.15) is 57.8 Å². The summed E-state index contributed by atoms with van der Waals surface area (Å²) in [5.74, 6) is 2.12. The number of nitrogens with zero attached hydrogens (tertiary/aromatic N) is 4. The summed E-state index contributed by atoms with van der Waals surface area (Å²) in [7, 11) is 2.04. The number of halogens is 1. The van der Waals surface area contributed by atoms with Crippen LogP contribution >= 0.6 is 11.6 Å². The number of fused-ring (bicyclic) bond motifs is 2. The number of hydrogen-bond acceptors (Lipinski definition) is 6. The topological polar surface area (TPSA) is 67.8 Å². The molecule has 4 atom stereocenters. The van der Waals surface area contributed by atoms with Gasteiger partial charge in [0.05, 0.1) is 13.2 Å². The molecule has 8 heteroatoms. The zero-order chi connectivity index (χ0) is 20.7. The number of anilines is 1. The molecule has 2 bridgehead atoms. The molecule has 1 saturated carbocycles. The van der Waals surface area contributed by atoms with Crippen LogP contribution in [-0.4, -0.2) is 65.3 Å². The molecule has 1 amide bonds. The minimum Gasteiger partial charge on any atom is -0.472 e. The molecule has 3 saturated heterocycles. The highest BCUT2D eigenvalue weighted by Crippen LogP contribution is 2.40. The van der Waals surface area contributed by atoms with Gasteiger partial charge in [-0.1, -0.05) is 11.6 Å². The lowest BCUT2D eigenvalue weighted by atomic mass is 9.81. The molecule has 1 aliphatic carbocycles. The number of hydrogen-bond donors (Lipinski definition) is 0. The first kappa shape index (κ1) is 20.3. The van der Waals surface area contributed by atoms with Gasteiger partial charge < -0.3 is 19.3 Å². The second kappa shape index (κ2) is 8.50. The monoisotopic (exact) mass is 434 g/mol. The summed E-state index contributed by atoms with van der Waals surface area (Å²) in [6.07, 6.45) is 9.43. The van der Waals surface area contributed by atoms with Gasteiger partial charge in [0.15, 0.2) is 0 Å². The molecule has 0 aromatic carbocycles. The normalized spacial score (nSPS) is 30.9.